The second-order valence-electron chi connectivity index (χ2n) is 3.50. The van der Waals surface area contributed by atoms with Crippen LogP contribution in [0.4, 0.5) is 0 Å². The minimum atomic E-state index is -0.185. The Hall–Kier alpha value is -0.370. The van der Waals surface area contributed by atoms with Gasteiger partial charge in [-0.2, -0.15) is 0 Å². The fraction of sp³-hybridized carbons (Fsp3) is 0.875. The number of ketones is 1. The molecule has 0 saturated heterocycles. The van der Waals surface area contributed by atoms with Crippen molar-refractivity contribution in [2.75, 3.05) is 0 Å². The van der Waals surface area contributed by atoms with Crippen LogP contribution in [-0.4, -0.2) is 17.0 Å². The highest BCUT2D eigenvalue weighted by Crippen LogP contribution is 2.38. The Kier molecular flexibility index (Phi) is 1.31. The third-order valence-electron chi connectivity index (χ3n) is 2.78. The largest absolute Gasteiger partial charge is 0.393 e. The smallest absolute Gasteiger partial charge is 0.139 e. The van der Waals surface area contributed by atoms with Crippen molar-refractivity contribution in [3.63, 3.8) is 0 Å². The van der Waals surface area contributed by atoms with Gasteiger partial charge in [-0.1, -0.05) is 0 Å². The third kappa shape index (κ3) is 0.788. The van der Waals surface area contributed by atoms with Crippen molar-refractivity contribution in [2.45, 2.75) is 31.8 Å². The maximum Gasteiger partial charge on any atom is 0.139 e. The van der Waals surface area contributed by atoms with Crippen LogP contribution >= 0.6 is 0 Å². The van der Waals surface area contributed by atoms with Crippen LogP contribution in [0.3, 0.4) is 0 Å². The van der Waals surface area contributed by atoms with Crippen LogP contribution in [0.2, 0.25) is 0 Å². The molecule has 0 aromatic carbocycles. The first-order chi connectivity index (χ1) is 4.77. The third-order valence-corrected chi connectivity index (χ3v) is 2.78. The van der Waals surface area contributed by atoms with E-state index in [-0.39, 0.29) is 17.9 Å². The summed E-state index contributed by atoms with van der Waals surface area (Å²) in [6.45, 7) is 0. The molecule has 2 saturated carbocycles. The minimum Gasteiger partial charge on any atom is -0.393 e. The van der Waals surface area contributed by atoms with Gasteiger partial charge in [-0.15, -0.1) is 0 Å². The van der Waals surface area contributed by atoms with E-state index in [0.29, 0.717) is 5.78 Å². The molecule has 0 spiro atoms. The Balaban J connectivity index is 2.16. The number of fused-ring (bicyclic) bond motifs is 2. The molecule has 0 radical (unpaired) electrons. The summed E-state index contributed by atoms with van der Waals surface area (Å²) in [5.74, 6) is 0.854. The molecule has 2 aliphatic carbocycles. The highest BCUT2D eigenvalue weighted by atomic mass is 16.3. The fourth-order valence-corrected chi connectivity index (χ4v) is 2.24. The summed E-state index contributed by atoms with van der Waals surface area (Å²) < 4.78 is 0. The lowest BCUT2D eigenvalue weighted by atomic mass is 9.86. The Bertz CT molecular complexity index is 149. The summed E-state index contributed by atoms with van der Waals surface area (Å²) in [7, 11) is 0. The molecule has 0 amide bonds. The molecule has 2 nitrogen and oxygen atoms in total. The molecule has 3 atom stereocenters. The Morgan fingerprint density at radius 2 is 1.70 bits per heavy atom. The van der Waals surface area contributed by atoms with Crippen LogP contribution in [-0.2, 0) is 4.79 Å². The second-order valence-corrected chi connectivity index (χ2v) is 3.50. The van der Waals surface area contributed by atoms with E-state index in [1.165, 1.54) is 0 Å². The van der Waals surface area contributed by atoms with Gasteiger partial charge in [-0.25, -0.2) is 0 Å². The molecule has 2 heteroatoms. The van der Waals surface area contributed by atoms with Crippen LogP contribution in [0.1, 0.15) is 25.7 Å². The lowest BCUT2D eigenvalue weighted by Gasteiger charge is -2.21. The Morgan fingerprint density at radius 3 is 2.20 bits per heavy atom. The zero-order chi connectivity index (χ0) is 7.14. The molecule has 0 aliphatic heterocycles. The molecule has 10 heavy (non-hydrogen) atoms. The van der Waals surface area contributed by atoms with Crippen molar-refractivity contribution in [3.8, 4) is 0 Å². The number of carbonyl (C=O) groups is 1. The maximum absolute atomic E-state index is 11.2. The SMILES string of the molecule is O=C1[C@@H]2CC[C@H]1C[C@H](O)C2. The number of aliphatic hydroxyl groups excluding tert-OH is 1. The van der Waals surface area contributed by atoms with Gasteiger partial charge in [0.1, 0.15) is 5.78 Å². The van der Waals surface area contributed by atoms with Crippen LogP contribution in [0.15, 0.2) is 0 Å². The predicted octanol–water partition coefficient (Wildman–Crippen LogP) is 0.736. The standard InChI is InChI=1S/C8H12O2/c9-7-3-5-1-2-6(4-7)8(5)10/h5-7,9H,1-4H2/t5-,6+,7-. The summed E-state index contributed by atoms with van der Waals surface area (Å²) in [6, 6.07) is 0. The number of hydrogen-bond acceptors (Lipinski definition) is 2. The predicted molar refractivity (Wildman–Crippen MR) is 36.5 cm³/mol. The van der Waals surface area contributed by atoms with Crippen molar-refractivity contribution in [1.82, 2.24) is 0 Å². The van der Waals surface area contributed by atoms with Crippen molar-refractivity contribution >= 4 is 5.78 Å². The second kappa shape index (κ2) is 2.06. The van der Waals surface area contributed by atoms with Gasteiger partial charge in [0.25, 0.3) is 0 Å². The lowest BCUT2D eigenvalue weighted by molar-refractivity contribution is -0.128. The van der Waals surface area contributed by atoms with E-state index in [9.17, 15) is 9.90 Å². The van der Waals surface area contributed by atoms with Crippen LogP contribution in [0.25, 0.3) is 0 Å². The highest BCUT2D eigenvalue weighted by Gasteiger charge is 2.40. The summed E-state index contributed by atoms with van der Waals surface area (Å²) in [6.07, 6.45) is 3.33. The molecule has 56 valence electrons. The normalized spacial score (nSPS) is 46.1. The van der Waals surface area contributed by atoms with E-state index < -0.39 is 0 Å². The van der Waals surface area contributed by atoms with Gasteiger partial charge in [0.2, 0.25) is 0 Å². The zero-order valence-electron chi connectivity index (χ0n) is 5.92. The van der Waals surface area contributed by atoms with Gasteiger partial charge in [0, 0.05) is 11.8 Å². The fourth-order valence-electron chi connectivity index (χ4n) is 2.24. The van der Waals surface area contributed by atoms with Crippen molar-refractivity contribution in [1.29, 1.82) is 0 Å². The molecule has 2 bridgehead atoms. The number of carbonyl (C=O) groups excluding carboxylic acids is 1. The molecule has 1 N–H and O–H groups in total. The molecular formula is C8H12O2. The van der Waals surface area contributed by atoms with Gasteiger partial charge < -0.3 is 5.11 Å². The van der Waals surface area contributed by atoms with E-state index in [4.69, 9.17) is 0 Å². The first-order valence-electron chi connectivity index (χ1n) is 3.99. The lowest BCUT2D eigenvalue weighted by Crippen LogP contribution is -2.28. The maximum atomic E-state index is 11.2. The van der Waals surface area contributed by atoms with Gasteiger partial charge >= 0.3 is 0 Å². The monoisotopic (exact) mass is 140 g/mol. The van der Waals surface area contributed by atoms with E-state index in [1.54, 1.807) is 0 Å². The summed E-state index contributed by atoms with van der Waals surface area (Å²) in [4.78, 5) is 11.2. The van der Waals surface area contributed by atoms with Crippen molar-refractivity contribution in [2.24, 2.45) is 11.8 Å². The van der Waals surface area contributed by atoms with Crippen LogP contribution in [0, 0.1) is 11.8 Å². The average Bonchev–Trinajstić information content (AvgIpc) is 2.20. The quantitative estimate of drug-likeness (QED) is 0.538. The van der Waals surface area contributed by atoms with Crippen molar-refractivity contribution in [3.05, 3.63) is 0 Å². The number of Topliss-reactive ketones (excluding diaryl/α,β-unsaturated/α-hetero) is 1. The number of rotatable bonds is 0. The van der Waals surface area contributed by atoms with E-state index in [2.05, 4.69) is 0 Å². The van der Waals surface area contributed by atoms with Gasteiger partial charge in [0.05, 0.1) is 6.10 Å². The number of aliphatic hydroxyl groups is 1. The molecule has 0 unspecified atom stereocenters. The minimum absolute atomic E-state index is 0.185. The molecular weight excluding hydrogens is 128 g/mol. The van der Waals surface area contributed by atoms with Gasteiger partial charge in [-0.05, 0) is 25.7 Å². The summed E-state index contributed by atoms with van der Waals surface area (Å²) in [5.41, 5.74) is 0. The zero-order valence-corrected chi connectivity index (χ0v) is 5.92. The van der Waals surface area contributed by atoms with Crippen LogP contribution < -0.4 is 0 Å². The van der Waals surface area contributed by atoms with E-state index in [0.717, 1.165) is 25.7 Å². The Labute approximate surface area is 60.2 Å². The summed E-state index contributed by atoms with van der Waals surface area (Å²) >= 11 is 0. The van der Waals surface area contributed by atoms with Crippen LogP contribution in [0.5, 0.6) is 0 Å². The molecule has 0 heterocycles. The Morgan fingerprint density at radius 1 is 1.20 bits per heavy atom. The molecule has 2 rings (SSSR count). The first-order valence-corrected chi connectivity index (χ1v) is 3.99. The molecule has 2 aliphatic rings. The van der Waals surface area contributed by atoms with Gasteiger partial charge in [-0.3, -0.25) is 4.79 Å². The summed E-state index contributed by atoms with van der Waals surface area (Å²) in [5, 5.41) is 9.26. The highest BCUT2D eigenvalue weighted by molar-refractivity contribution is 5.86. The van der Waals surface area contributed by atoms with E-state index in [1.807, 2.05) is 0 Å². The van der Waals surface area contributed by atoms with Gasteiger partial charge in [0.15, 0.2) is 0 Å². The van der Waals surface area contributed by atoms with Crippen molar-refractivity contribution < 1.29 is 9.90 Å². The molecule has 2 fully saturated rings. The number of hydrogen-bond donors (Lipinski definition) is 1. The molecule has 0 aromatic rings. The first kappa shape index (κ1) is 6.35. The topological polar surface area (TPSA) is 37.3 Å². The average molecular weight is 140 g/mol. The van der Waals surface area contributed by atoms with E-state index >= 15 is 0 Å². The molecule has 0 aromatic heterocycles.